The Morgan fingerprint density at radius 3 is 2.91 bits per heavy atom. The van der Waals surface area contributed by atoms with Crippen LogP contribution >= 0.6 is 0 Å². The molecule has 1 aliphatic rings. The van der Waals surface area contributed by atoms with E-state index < -0.39 is 0 Å². The highest BCUT2D eigenvalue weighted by atomic mass is 16.4. The summed E-state index contributed by atoms with van der Waals surface area (Å²) in [5.74, 6) is 2.33. The first kappa shape index (κ1) is 15.7. The number of hydrogen-bond donors (Lipinski definition) is 0. The molecule has 0 aliphatic carbocycles. The number of rotatable bonds is 4. The third-order valence-electron chi connectivity index (χ3n) is 4.10. The van der Waals surface area contributed by atoms with E-state index in [1.165, 1.54) is 0 Å². The van der Waals surface area contributed by atoms with Gasteiger partial charge in [0.15, 0.2) is 5.89 Å². The highest BCUT2D eigenvalue weighted by Gasteiger charge is 2.26. The van der Waals surface area contributed by atoms with E-state index in [0.29, 0.717) is 24.7 Å². The van der Waals surface area contributed by atoms with E-state index in [2.05, 4.69) is 23.8 Å². The lowest BCUT2D eigenvalue weighted by Gasteiger charge is -2.25. The van der Waals surface area contributed by atoms with Crippen LogP contribution in [0.25, 0.3) is 0 Å². The van der Waals surface area contributed by atoms with Crippen molar-refractivity contribution >= 4 is 5.91 Å². The molecule has 0 saturated carbocycles. The number of carbonyl (C=O) groups is 1. The molecule has 1 aliphatic heterocycles. The van der Waals surface area contributed by atoms with Crippen molar-refractivity contribution in [2.24, 2.45) is 5.92 Å². The number of oxazole rings is 1. The van der Waals surface area contributed by atoms with Crippen molar-refractivity contribution in [2.75, 3.05) is 6.54 Å². The fourth-order valence-corrected chi connectivity index (χ4v) is 2.77. The number of pyridine rings is 1. The Balaban J connectivity index is 1.71. The van der Waals surface area contributed by atoms with Crippen LogP contribution in [0, 0.1) is 12.8 Å². The molecule has 3 heterocycles. The molecular weight excluding hydrogens is 290 g/mol. The van der Waals surface area contributed by atoms with E-state index in [-0.39, 0.29) is 5.91 Å². The summed E-state index contributed by atoms with van der Waals surface area (Å²) in [5.41, 5.74) is 2.25. The molecule has 0 N–H and O–H groups in total. The van der Waals surface area contributed by atoms with Gasteiger partial charge in [0.05, 0.1) is 6.54 Å². The number of amides is 1. The quantitative estimate of drug-likeness (QED) is 0.870. The second-order valence-electron chi connectivity index (χ2n) is 6.55. The number of fused-ring (bicyclic) bond motifs is 1. The van der Waals surface area contributed by atoms with Crippen LogP contribution in [-0.2, 0) is 19.4 Å². The lowest BCUT2D eigenvalue weighted by Crippen LogP contribution is -2.36. The first-order valence-electron chi connectivity index (χ1n) is 8.23. The Hall–Kier alpha value is -2.17. The van der Waals surface area contributed by atoms with Gasteiger partial charge in [-0.05, 0) is 31.4 Å². The van der Waals surface area contributed by atoms with Gasteiger partial charge in [-0.2, -0.15) is 0 Å². The van der Waals surface area contributed by atoms with E-state index in [0.717, 1.165) is 42.3 Å². The average Bonchev–Trinajstić information content (AvgIpc) is 2.94. The summed E-state index contributed by atoms with van der Waals surface area (Å²) in [6.07, 6.45) is 2.65. The third kappa shape index (κ3) is 3.60. The van der Waals surface area contributed by atoms with E-state index >= 15 is 0 Å². The lowest BCUT2D eigenvalue weighted by atomic mass is 10.1. The van der Waals surface area contributed by atoms with Crippen LogP contribution in [0.1, 0.15) is 53.8 Å². The fourth-order valence-electron chi connectivity index (χ4n) is 2.77. The smallest absolute Gasteiger partial charge is 0.272 e. The molecule has 3 rings (SSSR count). The molecule has 0 spiro atoms. The molecule has 0 bridgehead atoms. The van der Waals surface area contributed by atoms with Crippen molar-refractivity contribution in [3.63, 3.8) is 0 Å². The van der Waals surface area contributed by atoms with Crippen LogP contribution in [0.3, 0.4) is 0 Å². The Morgan fingerprint density at radius 2 is 2.17 bits per heavy atom. The van der Waals surface area contributed by atoms with Crippen molar-refractivity contribution in [3.05, 3.63) is 46.9 Å². The zero-order chi connectivity index (χ0) is 16.4. The second kappa shape index (κ2) is 6.52. The lowest BCUT2D eigenvalue weighted by molar-refractivity contribution is 0.0721. The monoisotopic (exact) mass is 313 g/mol. The van der Waals surface area contributed by atoms with Crippen LogP contribution in [0.2, 0.25) is 0 Å². The molecule has 2 aromatic heterocycles. The molecule has 0 fully saturated rings. The van der Waals surface area contributed by atoms with Crippen LogP contribution in [0.15, 0.2) is 22.6 Å². The molecule has 122 valence electrons. The first-order valence-corrected chi connectivity index (χ1v) is 8.23. The van der Waals surface area contributed by atoms with Gasteiger partial charge in [0.2, 0.25) is 0 Å². The van der Waals surface area contributed by atoms with Gasteiger partial charge in [-0.3, -0.25) is 4.79 Å². The maximum absolute atomic E-state index is 12.6. The minimum Gasteiger partial charge on any atom is -0.445 e. The highest BCUT2D eigenvalue weighted by Crippen LogP contribution is 2.22. The maximum atomic E-state index is 12.6. The summed E-state index contributed by atoms with van der Waals surface area (Å²) in [6.45, 7) is 7.44. The number of carbonyl (C=O) groups excluding carboxylic acids is 1. The van der Waals surface area contributed by atoms with E-state index in [4.69, 9.17) is 4.42 Å². The molecule has 2 aromatic rings. The van der Waals surface area contributed by atoms with Gasteiger partial charge in [0.25, 0.3) is 5.91 Å². The third-order valence-corrected chi connectivity index (χ3v) is 4.10. The summed E-state index contributed by atoms with van der Waals surface area (Å²) < 4.78 is 5.84. The van der Waals surface area contributed by atoms with Gasteiger partial charge >= 0.3 is 0 Å². The molecule has 0 unspecified atom stereocenters. The predicted molar refractivity (Wildman–Crippen MR) is 87.1 cm³/mol. The van der Waals surface area contributed by atoms with Gasteiger partial charge in [-0.25, -0.2) is 9.97 Å². The molecule has 0 atom stereocenters. The van der Waals surface area contributed by atoms with Crippen LogP contribution < -0.4 is 0 Å². The fraction of sp³-hybridized carbons (Fsp3) is 0.500. The molecule has 5 nitrogen and oxygen atoms in total. The number of aromatic nitrogens is 2. The average molecular weight is 313 g/mol. The van der Waals surface area contributed by atoms with Crippen molar-refractivity contribution in [2.45, 2.75) is 46.6 Å². The Labute approximate surface area is 136 Å². The normalized spacial score (nSPS) is 14.2. The zero-order valence-corrected chi connectivity index (χ0v) is 14.0. The molecule has 0 aromatic carbocycles. The van der Waals surface area contributed by atoms with E-state index in [1.807, 2.05) is 19.1 Å². The molecule has 23 heavy (non-hydrogen) atoms. The number of hydrogen-bond acceptors (Lipinski definition) is 4. The van der Waals surface area contributed by atoms with Crippen molar-refractivity contribution in [1.29, 1.82) is 0 Å². The van der Waals surface area contributed by atoms with Crippen molar-refractivity contribution < 1.29 is 9.21 Å². The topological polar surface area (TPSA) is 59.2 Å². The van der Waals surface area contributed by atoms with Crippen molar-refractivity contribution in [3.8, 4) is 0 Å². The second-order valence-corrected chi connectivity index (χ2v) is 6.55. The molecule has 5 heteroatoms. The summed E-state index contributed by atoms with van der Waals surface area (Å²) in [7, 11) is 0. The van der Waals surface area contributed by atoms with Gasteiger partial charge < -0.3 is 9.32 Å². The Bertz CT molecular complexity index is 706. The maximum Gasteiger partial charge on any atom is 0.272 e. The number of nitrogens with zero attached hydrogens (tertiary/aromatic N) is 3. The Kier molecular flexibility index (Phi) is 4.46. The molecule has 0 saturated heterocycles. The summed E-state index contributed by atoms with van der Waals surface area (Å²) >= 11 is 0. The van der Waals surface area contributed by atoms with Crippen LogP contribution in [-0.4, -0.2) is 27.3 Å². The highest BCUT2D eigenvalue weighted by molar-refractivity contribution is 5.92. The zero-order valence-electron chi connectivity index (χ0n) is 14.0. The molecular formula is C18H23N3O2. The first-order chi connectivity index (χ1) is 11.0. The standard InChI is InChI=1S/C18H23N3O2/c1-12(2)7-8-17-20-15-11-21(10-9-16(15)23-17)18(22)14-6-4-5-13(3)19-14/h4-6,12H,7-11H2,1-3H3. The van der Waals surface area contributed by atoms with Gasteiger partial charge in [0.1, 0.15) is 17.1 Å². The summed E-state index contributed by atoms with van der Waals surface area (Å²) in [5, 5.41) is 0. The summed E-state index contributed by atoms with van der Waals surface area (Å²) in [6, 6.07) is 5.52. The Morgan fingerprint density at radius 1 is 1.35 bits per heavy atom. The van der Waals surface area contributed by atoms with Gasteiger partial charge in [-0.15, -0.1) is 0 Å². The van der Waals surface area contributed by atoms with Crippen LogP contribution in [0.4, 0.5) is 0 Å². The summed E-state index contributed by atoms with van der Waals surface area (Å²) in [4.78, 5) is 23.3. The molecule has 1 amide bonds. The number of aryl methyl sites for hydroxylation is 2. The molecule has 0 radical (unpaired) electrons. The minimum absolute atomic E-state index is 0.0360. The van der Waals surface area contributed by atoms with E-state index in [1.54, 1.807) is 11.0 Å². The SMILES string of the molecule is Cc1cccc(C(=O)N2CCc3oc(CCC(C)C)nc3C2)n1. The van der Waals surface area contributed by atoms with Crippen LogP contribution in [0.5, 0.6) is 0 Å². The van der Waals surface area contributed by atoms with Gasteiger partial charge in [-0.1, -0.05) is 19.9 Å². The largest absolute Gasteiger partial charge is 0.445 e. The predicted octanol–water partition coefficient (Wildman–Crippen LogP) is 3.17. The van der Waals surface area contributed by atoms with Gasteiger partial charge in [0, 0.05) is 25.1 Å². The van der Waals surface area contributed by atoms with Crippen molar-refractivity contribution in [1.82, 2.24) is 14.9 Å². The van der Waals surface area contributed by atoms with E-state index in [9.17, 15) is 4.79 Å². The minimum atomic E-state index is -0.0360.